The minimum atomic E-state index is -0.0351. The molecule has 1 atom stereocenters. The molecule has 0 unspecified atom stereocenters. The largest absolute Gasteiger partial charge is 0.395 e. The van der Waals surface area contributed by atoms with Gasteiger partial charge >= 0.3 is 0 Å². The molecule has 0 saturated carbocycles. The zero-order valence-corrected chi connectivity index (χ0v) is 15.9. The number of aromatic nitrogens is 2. The minimum Gasteiger partial charge on any atom is -0.395 e. The Hall–Kier alpha value is -1.77. The number of rotatable bonds is 3. The van der Waals surface area contributed by atoms with Crippen molar-refractivity contribution in [2.24, 2.45) is 0 Å². The number of thiophene rings is 1. The van der Waals surface area contributed by atoms with E-state index in [4.69, 9.17) is 0 Å². The van der Waals surface area contributed by atoms with Crippen LogP contribution in [0, 0.1) is 0 Å². The fourth-order valence-corrected chi connectivity index (χ4v) is 5.09. The Balaban J connectivity index is 1.60. The van der Waals surface area contributed by atoms with E-state index in [1.54, 1.807) is 17.7 Å². The molecule has 2 saturated heterocycles. The van der Waals surface area contributed by atoms with Crippen LogP contribution >= 0.6 is 11.3 Å². The average molecular weight is 375 g/mol. The Labute approximate surface area is 157 Å². The van der Waals surface area contributed by atoms with E-state index in [1.165, 1.54) is 0 Å². The van der Waals surface area contributed by atoms with E-state index >= 15 is 0 Å². The smallest absolute Gasteiger partial charge is 0.222 e. The summed E-state index contributed by atoms with van der Waals surface area (Å²) in [6.07, 6.45) is 3.95. The van der Waals surface area contributed by atoms with Gasteiger partial charge in [-0.2, -0.15) is 0 Å². The van der Waals surface area contributed by atoms with Crippen molar-refractivity contribution in [1.82, 2.24) is 19.8 Å². The molecular formula is C18H25N5O2S. The van der Waals surface area contributed by atoms with Crippen LogP contribution in [0.1, 0.15) is 19.3 Å². The van der Waals surface area contributed by atoms with Crippen molar-refractivity contribution in [1.29, 1.82) is 0 Å². The quantitative estimate of drug-likeness (QED) is 0.869. The van der Waals surface area contributed by atoms with Gasteiger partial charge in [-0.15, -0.1) is 11.3 Å². The van der Waals surface area contributed by atoms with Gasteiger partial charge in [0, 0.05) is 44.7 Å². The zero-order chi connectivity index (χ0) is 18.1. The molecule has 0 radical (unpaired) electrons. The predicted molar refractivity (Wildman–Crippen MR) is 103 cm³/mol. The highest BCUT2D eigenvalue weighted by Gasteiger charge is 2.42. The molecule has 4 heterocycles. The summed E-state index contributed by atoms with van der Waals surface area (Å²) in [6, 6.07) is 2.04. The molecule has 2 aromatic heterocycles. The summed E-state index contributed by atoms with van der Waals surface area (Å²) in [5.74, 6) is 1.17. The fourth-order valence-electron chi connectivity index (χ4n) is 4.23. The molecule has 0 aromatic carbocycles. The van der Waals surface area contributed by atoms with Gasteiger partial charge in [0.05, 0.1) is 16.8 Å². The number of hydrogen-bond donors (Lipinski definition) is 1. The molecule has 2 aliphatic rings. The Morgan fingerprint density at radius 3 is 3.00 bits per heavy atom. The molecular weight excluding hydrogens is 350 g/mol. The summed E-state index contributed by atoms with van der Waals surface area (Å²) in [6.45, 7) is 3.91. The number of aliphatic hydroxyl groups excluding tert-OH is 1. The van der Waals surface area contributed by atoms with Crippen molar-refractivity contribution in [3.05, 3.63) is 17.8 Å². The van der Waals surface area contributed by atoms with Crippen molar-refractivity contribution in [3.8, 4) is 0 Å². The van der Waals surface area contributed by atoms with Crippen LogP contribution < -0.4 is 4.90 Å². The molecule has 2 fully saturated rings. The first-order valence-corrected chi connectivity index (χ1v) is 10.0. The average Bonchev–Trinajstić information content (AvgIpc) is 3.08. The third-order valence-corrected chi connectivity index (χ3v) is 6.80. The number of carbonyl (C=O) groups is 1. The van der Waals surface area contributed by atoms with Crippen molar-refractivity contribution < 1.29 is 9.90 Å². The van der Waals surface area contributed by atoms with Crippen molar-refractivity contribution in [2.45, 2.75) is 24.8 Å². The van der Waals surface area contributed by atoms with E-state index in [2.05, 4.69) is 32.2 Å². The van der Waals surface area contributed by atoms with Crippen LogP contribution in [0.15, 0.2) is 17.8 Å². The number of amides is 1. The number of anilines is 1. The highest BCUT2D eigenvalue weighted by atomic mass is 32.1. The van der Waals surface area contributed by atoms with Crippen LogP contribution in [0.2, 0.25) is 0 Å². The van der Waals surface area contributed by atoms with Gasteiger partial charge in [0.15, 0.2) is 0 Å². The second kappa shape index (κ2) is 7.09. The molecule has 1 N–H and O–H groups in total. The molecule has 1 amide bonds. The van der Waals surface area contributed by atoms with Crippen LogP contribution in [-0.2, 0) is 4.79 Å². The van der Waals surface area contributed by atoms with Gasteiger partial charge in [-0.05, 0) is 31.3 Å². The summed E-state index contributed by atoms with van der Waals surface area (Å²) in [5.41, 5.74) is 0.963. The lowest BCUT2D eigenvalue weighted by Gasteiger charge is -2.49. The SMILES string of the molecule is CN1CCN(c2ncnc3ccsc23)C[C@@]12CCC(=O)N(CCO)CC2. The van der Waals surface area contributed by atoms with Crippen LogP contribution in [-0.4, -0.2) is 82.7 Å². The second-order valence-electron chi connectivity index (χ2n) is 7.25. The summed E-state index contributed by atoms with van der Waals surface area (Å²) < 4.78 is 1.14. The summed E-state index contributed by atoms with van der Waals surface area (Å²) in [4.78, 5) is 27.9. The predicted octanol–water partition coefficient (Wildman–Crippen LogP) is 1.19. The highest BCUT2D eigenvalue weighted by Crippen LogP contribution is 2.36. The summed E-state index contributed by atoms with van der Waals surface area (Å²) in [7, 11) is 2.17. The molecule has 0 bridgehead atoms. The topological polar surface area (TPSA) is 72.8 Å². The number of piperazine rings is 1. The van der Waals surface area contributed by atoms with Gasteiger partial charge in [-0.3, -0.25) is 9.69 Å². The van der Waals surface area contributed by atoms with E-state index in [0.717, 1.165) is 48.5 Å². The zero-order valence-electron chi connectivity index (χ0n) is 15.1. The molecule has 140 valence electrons. The number of nitrogens with zero attached hydrogens (tertiary/aromatic N) is 5. The Morgan fingerprint density at radius 2 is 2.15 bits per heavy atom. The molecule has 2 aliphatic heterocycles. The Kier molecular flexibility index (Phi) is 4.81. The lowest BCUT2D eigenvalue weighted by molar-refractivity contribution is -0.131. The number of β-amino-alcohol motifs (C(OH)–C–C–N with tert-alkyl or cyclic N) is 1. The van der Waals surface area contributed by atoms with Gasteiger partial charge < -0.3 is 14.9 Å². The normalized spacial score (nSPS) is 25.2. The second-order valence-corrected chi connectivity index (χ2v) is 8.17. The number of likely N-dealkylation sites (tertiary alicyclic amines) is 1. The molecule has 8 heteroatoms. The van der Waals surface area contributed by atoms with E-state index in [9.17, 15) is 9.90 Å². The number of hydrogen-bond acceptors (Lipinski definition) is 7. The van der Waals surface area contributed by atoms with Crippen molar-refractivity contribution in [3.63, 3.8) is 0 Å². The van der Waals surface area contributed by atoms with Gasteiger partial charge in [-0.25, -0.2) is 9.97 Å². The third-order valence-electron chi connectivity index (χ3n) is 5.90. The van der Waals surface area contributed by atoms with Crippen LogP contribution in [0.5, 0.6) is 0 Å². The fraction of sp³-hybridized carbons (Fsp3) is 0.611. The molecule has 2 aromatic rings. The third kappa shape index (κ3) is 3.06. The highest BCUT2D eigenvalue weighted by molar-refractivity contribution is 7.17. The van der Waals surface area contributed by atoms with E-state index in [1.807, 2.05) is 11.0 Å². The van der Waals surface area contributed by atoms with E-state index in [-0.39, 0.29) is 18.1 Å². The van der Waals surface area contributed by atoms with Gasteiger partial charge in [-0.1, -0.05) is 0 Å². The lowest BCUT2D eigenvalue weighted by atomic mass is 9.86. The number of aliphatic hydroxyl groups is 1. The molecule has 26 heavy (non-hydrogen) atoms. The first kappa shape index (κ1) is 17.6. The first-order valence-electron chi connectivity index (χ1n) is 9.16. The monoisotopic (exact) mass is 375 g/mol. The molecule has 4 rings (SSSR count). The first-order chi connectivity index (χ1) is 12.6. The summed E-state index contributed by atoms with van der Waals surface area (Å²) in [5, 5.41) is 11.3. The summed E-state index contributed by atoms with van der Waals surface area (Å²) >= 11 is 1.68. The number of likely N-dealkylation sites (N-methyl/N-ethyl adjacent to an activating group) is 1. The van der Waals surface area contributed by atoms with Crippen molar-refractivity contribution >= 4 is 33.3 Å². The minimum absolute atomic E-state index is 0.0258. The van der Waals surface area contributed by atoms with Crippen molar-refractivity contribution in [2.75, 3.05) is 51.3 Å². The van der Waals surface area contributed by atoms with Crippen LogP contribution in [0.25, 0.3) is 10.2 Å². The number of carbonyl (C=O) groups excluding carboxylic acids is 1. The van der Waals surface area contributed by atoms with Crippen LogP contribution in [0.3, 0.4) is 0 Å². The van der Waals surface area contributed by atoms with E-state index < -0.39 is 0 Å². The number of fused-ring (bicyclic) bond motifs is 1. The van der Waals surface area contributed by atoms with Crippen LogP contribution in [0.4, 0.5) is 5.82 Å². The maximum absolute atomic E-state index is 12.4. The molecule has 1 spiro atoms. The van der Waals surface area contributed by atoms with Gasteiger partial charge in [0.25, 0.3) is 0 Å². The Morgan fingerprint density at radius 1 is 1.27 bits per heavy atom. The Bertz CT molecular complexity index is 797. The van der Waals surface area contributed by atoms with E-state index in [0.29, 0.717) is 19.5 Å². The van der Waals surface area contributed by atoms with Gasteiger partial charge in [0.1, 0.15) is 12.1 Å². The lowest BCUT2D eigenvalue weighted by Crippen LogP contribution is -2.61. The molecule has 0 aliphatic carbocycles. The maximum atomic E-state index is 12.4. The van der Waals surface area contributed by atoms with Gasteiger partial charge in [0.2, 0.25) is 5.91 Å². The standard InChI is InChI=1S/C18H25N5O2S/c1-21-7-8-23(17-16-14(3-11-26-16)19-13-20-17)12-18(21)4-2-15(25)22(6-5-18)9-10-24/h3,11,13,24H,2,4-10,12H2,1H3/t18-/m0/s1. The molecule has 7 nitrogen and oxygen atoms in total. The maximum Gasteiger partial charge on any atom is 0.222 e.